The second kappa shape index (κ2) is 6.58. The van der Waals surface area contributed by atoms with Gasteiger partial charge in [-0.25, -0.2) is 19.5 Å². The Hall–Kier alpha value is -3.85. The van der Waals surface area contributed by atoms with Crippen LogP contribution in [-0.2, 0) is 0 Å². The second-order valence-corrected chi connectivity index (χ2v) is 8.38. The summed E-state index contributed by atoms with van der Waals surface area (Å²) in [7, 11) is 1.65. The molecular weight excluding hydrogens is 410 g/mol. The molecule has 1 N–H and O–H groups in total. The number of aryl methyl sites for hydroxylation is 2. The second-order valence-electron chi connectivity index (χ2n) is 7.38. The van der Waals surface area contributed by atoms with Crippen molar-refractivity contribution in [3.63, 3.8) is 0 Å². The van der Waals surface area contributed by atoms with Gasteiger partial charge in [-0.15, -0.1) is 16.4 Å². The van der Waals surface area contributed by atoms with Gasteiger partial charge in [-0.1, -0.05) is 0 Å². The summed E-state index contributed by atoms with van der Waals surface area (Å²) in [5.74, 6) is 1.38. The Morgan fingerprint density at radius 3 is 2.71 bits per heavy atom. The maximum absolute atomic E-state index is 5.22. The molecule has 0 radical (unpaired) electrons. The summed E-state index contributed by atoms with van der Waals surface area (Å²) in [6.07, 6.45) is 1.71. The Morgan fingerprint density at radius 2 is 1.90 bits per heavy atom. The van der Waals surface area contributed by atoms with E-state index in [2.05, 4.69) is 33.3 Å². The average molecular weight is 427 g/mol. The molecule has 5 heterocycles. The first-order chi connectivity index (χ1) is 15.1. The van der Waals surface area contributed by atoms with E-state index < -0.39 is 0 Å². The third-order valence-corrected chi connectivity index (χ3v) is 6.37. The van der Waals surface area contributed by atoms with Gasteiger partial charge in [0.05, 0.1) is 18.3 Å². The maximum Gasteiger partial charge on any atom is 0.200 e. The van der Waals surface area contributed by atoms with Crippen molar-refractivity contribution < 1.29 is 4.74 Å². The number of hydrogen-bond donors (Lipinski definition) is 1. The van der Waals surface area contributed by atoms with Gasteiger partial charge in [0.15, 0.2) is 11.5 Å². The minimum absolute atomic E-state index is 0.569. The third-order valence-electron chi connectivity index (χ3n) is 5.30. The van der Waals surface area contributed by atoms with Crippen LogP contribution in [0, 0.1) is 13.8 Å². The topological polar surface area (TPSA) is 93.9 Å². The van der Waals surface area contributed by atoms with E-state index >= 15 is 0 Å². The predicted octanol–water partition coefficient (Wildman–Crippen LogP) is 4.57. The van der Waals surface area contributed by atoms with Gasteiger partial charge in [0, 0.05) is 16.6 Å². The van der Waals surface area contributed by atoms with Crippen molar-refractivity contribution in [1.29, 1.82) is 0 Å². The quantitative estimate of drug-likeness (QED) is 0.445. The highest BCUT2D eigenvalue weighted by Gasteiger charge is 2.18. The van der Waals surface area contributed by atoms with E-state index in [1.165, 1.54) is 5.56 Å². The molecule has 9 heteroatoms. The highest BCUT2D eigenvalue weighted by molar-refractivity contribution is 7.26. The number of nitrogens with one attached hydrogen (secondary N) is 1. The molecule has 6 rings (SSSR count). The smallest absolute Gasteiger partial charge is 0.200 e. The summed E-state index contributed by atoms with van der Waals surface area (Å²) >= 11 is 1.60. The molecule has 0 saturated heterocycles. The zero-order valence-electron chi connectivity index (χ0n) is 17.0. The first-order valence-corrected chi connectivity index (χ1v) is 10.5. The van der Waals surface area contributed by atoms with E-state index in [1.807, 2.05) is 37.3 Å². The lowest BCUT2D eigenvalue weighted by Gasteiger charge is -1.99. The number of H-pyrrole nitrogens is 1. The Kier molecular flexibility index (Phi) is 3.81. The fraction of sp³-hybridized carbons (Fsp3) is 0.136. The number of methoxy groups -OCH3 is 1. The molecule has 0 unspecified atom stereocenters. The average Bonchev–Trinajstić information content (AvgIpc) is 3.49. The third kappa shape index (κ3) is 2.77. The van der Waals surface area contributed by atoms with E-state index in [1.54, 1.807) is 29.3 Å². The zero-order valence-corrected chi connectivity index (χ0v) is 17.9. The van der Waals surface area contributed by atoms with Crippen molar-refractivity contribution in [2.45, 2.75) is 13.8 Å². The fourth-order valence-electron chi connectivity index (χ4n) is 3.83. The Labute approximate surface area is 180 Å². The van der Waals surface area contributed by atoms with Gasteiger partial charge < -0.3 is 4.74 Å². The van der Waals surface area contributed by atoms with Gasteiger partial charge in [0.1, 0.15) is 27.3 Å². The molecule has 31 heavy (non-hydrogen) atoms. The number of hydrogen-bond acceptors (Lipinski definition) is 7. The van der Waals surface area contributed by atoms with Gasteiger partial charge in [-0.2, -0.15) is 5.10 Å². The van der Waals surface area contributed by atoms with E-state index in [4.69, 9.17) is 14.7 Å². The number of benzene rings is 1. The van der Waals surface area contributed by atoms with Crippen molar-refractivity contribution in [2.24, 2.45) is 0 Å². The molecule has 0 spiro atoms. The van der Waals surface area contributed by atoms with Crippen molar-refractivity contribution in [3.05, 3.63) is 54.0 Å². The van der Waals surface area contributed by atoms with Crippen molar-refractivity contribution >= 4 is 37.4 Å². The minimum atomic E-state index is 0.569. The summed E-state index contributed by atoms with van der Waals surface area (Å²) < 4.78 is 7.91. The van der Waals surface area contributed by atoms with Gasteiger partial charge >= 0.3 is 0 Å². The number of thiophene rings is 1. The van der Waals surface area contributed by atoms with Crippen LogP contribution in [-0.4, -0.2) is 41.9 Å². The molecule has 8 nitrogen and oxygen atoms in total. The van der Waals surface area contributed by atoms with Gasteiger partial charge in [0.2, 0.25) is 0 Å². The summed E-state index contributed by atoms with van der Waals surface area (Å²) in [5.41, 5.74) is 6.39. The fourth-order valence-corrected chi connectivity index (χ4v) is 5.05. The summed E-state index contributed by atoms with van der Waals surface area (Å²) in [6, 6.07) is 11.8. The molecule has 0 saturated carbocycles. The SMILES string of the molecule is COc1ccc(-c2cc(-c3nc4c5sc6nc(C)cc(C)c6c5ncn4n3)[nH]n2)cc1. The van der Waals surface area contributed by atoms with Crippen LogP contribution in [0.25, 0.3) is 48.9 Å². The molecule has 0 aliphatic heterocycles. The van der Waals surface area contributed by atoms with Gasteiger partial charge in [-0.05, 0) is 55.8 Å². The molecule has 0 aliphatic carbocycles. The highest BCUT2D eigenvalue weighted by Crippen LogP contribution is 2.36. The number of aromatic amines is 1. The van der Waals surface area contributed by atoms with Crippen LogP contribution in [0.5, 0.6) is 5.75 Å². The number of pyridine rings is 1. The van der Waals surface area contributed by atoms with Crippen LogP contribution in [0.1, 0.15) is 11.3 Å². The molecule has 0 fully saturated rings. The normalized spacial score (nSPS) is 11.7. The molecule has 5 aromatic heterocycles. The molecular formula is C22H17N7OS. The van der Waals surface area contributed by atoms with Crippen LogP contribution in [0.3, 0.4) is 0 Å². The predicted molar refractivity (Wildman–Crippen MR) is 121 cm³/mol. The standard InChI is InChI=1S/C22H17N7OS/c1-11-8-12(2)24-22-17(11)18-19(31-22)21-25-20(28-29(21)10-23-18)16-9-15(26-27-16)13-4-6-14(30-3)7-5-13/h4-10H,1-3H3,(H,26,27). The Balaban J connectivity index is 1.47. The zero-order chi connectivity index (χ0) is 21.1. The monoisotopic (exact) mass is 427 g/mol. The Bertz CT molecular complexity index is 1590. The van der Waals surface area contributed by atoms with Crippen molar-refractivity contribution in [1.82, 2.24) is 34.8 Å². The van der Waals surface area contributed by atoms with E-state index in [9.17, 15) is 0 Å². The summed E-state index contributed by atoms with van der Waals surface area (Å²) in [6.45, 7) is 4.10. The lowest BCUT2D eigenvalue weighted by Crippen LogP contribution is -1.90. The van der Waals surface area contributed by atoms with Crippen LogP contribution >= 0.6 is 11.3 Å². The Morgan fingerprint density at radius 1 is 1.06 bits per heavy atom. The molecule has 0 aliphatic rings. The number of fused-ring (bicyclic) bond motifs is 5. The van der Waals surface area contributed by atoms with Crippen LogP contribution < -0.4 is 4.74 Å². The first-order valence-electron chi connectivity index (χ1n) is 9.73. The lowest BCUT2D eigenvalue weighted by molar-refractivity contribution is 0.415. The summed E-state index contributed by atoms with van der Waals surface area (Å²) in [4.78, 5) is 15.1. The highest BCUT2D eigenvalue weighted by atomic mass is 32.1. The van der Waals surface area contributed by atoms with Gasteiger partial charge in [-0.3, -0.25) is 5.10 Å². The van der Waals surface area contributed by atoms with E-state index in [0.29, 0.717) is 5.82 Å². The molecule has 1 aromatic carbocycles. The first kappa shape index (κ1) is 18.0. The van der Waals surface area contributed by atoms with E-state index in [-0.39, 0.29) is 0 Å². The van der Waals surface area contributed by atoms with Crippen LogP contribution in [0.2, 0.25) is 0 Å². The molecule has 152 valence electrons. The minimum Gasteiger partial charge on any atom is -0.497 e. The number of rotatable bonds is 3. The largest absolute Gasteiger partial charge is 0.497 e. The molecule has 0 bridgehead atoms. The van der Waals surface area contributed by atoms with Crippen LogP contribution in [0.15, 0.2) is 42.7 Å². The molecule has 0 atom stereocenters. The van der Waals surface area contributed by atoms with Gasteiger partial charge in [0.25, 0.3) is 0 Å². The molecule has 0 amide bonds. The number of nitrogens with zero attached hydrogens (tertiary/aromatic N) is 6. The number of ether oxygens (including phenoxy) is 1. The van der Waals surface area contributed by atoms with Crippen molar-refractivity contribution in [2.75, 3.05) is 7.11 Å². The van der Waals surface area contributed by atoms with E-state index in [0.717, 1.165) is 54.5 Å². The molecule has 6 aromatic rings. The van der Waals surface area contributed by atoms with Crippen LogP contribution in [0.4, 0.5) is 0 Å². The maximum atomic E-state index is 5.22. The van der Waals surface area contributed by atoms with Crippen molar-refractivity contribution in [3.8, 4) is 28.5 Å². The summed E-state index contributed by atoms with van der Waals surface area (Å²) in [5, 5.41) is 13.2. The number of aromatic nitrogens is 7. The lowest BCUT2D eigenvalue weighted by atomic mass is 10.1.